The second-order valence-corrected chi connectivity index (χ2v) is 7.10. The molecule has 7 heteroatoms. The van der Waals surface area contributed by atoms with Gasteiger partial charge in [0.15, 0.2) is 4.96 Å². The summed E-state index contributed by atoms with van der Waals surface area (Å²) in [7, 11) is 0. The van der Waals surface area contributed by atoms with E-state index in [2.05, 4.69) is 15.3 Å². The van der Waals surface area contributed by atoms with Crippen LogP contribution in [0.5, 0.6) is 0 Å². The maximum absolute atomic E-state index is 12.3. The molecule has 4 aromatic rings. The van der Waals surface area contributed by atoms with Gasteiger partial charge in [0, 0.05) is 46.8 Å². The quantitative estimate of drug-likeness (QED) is 0.568. The van der Waals surface area contributed by atoms with E-state index in [0.29, 0.717) is 18.0 Å². The molecule has 0 saturated heterocycles. The Hall–Kier alpha value is -2.70. The van der Waals surface area contributed by atoms with Crippen molar-refractivity contribution in [2.75, 3.05) is 0 Å². The van der Waals surface area contributed by atoms with Crippen LogP contribution in [0.2, 0.25) is 5.02 Å². The van der Waals surface area contributed by atoms with Gasteiger partial charge in [-0.25, -0.2) is 4.98 Å². The minimum atomic E-state index is -0.0321. The van der Waals surface area contributed by atoms with E-state index in [1.165, 1.54) is 11.3 Å². The Morgan fingerprint density at radius 1 is 1.23 bits per heavy atom. The third-order valence-electron chi connectivity index (χ3n) is 3.98. The fraction of sp³-hybridized carbons (Fsp3) is 0.105. The van der Waals surface area contributed by atoms with Gasteiger partial charge in [0.05, 0.1) is 12.1 Å². The maximum atomic E-state index is 12.3. The molecule has 3 heterocycles. The molecule has 1 N–H and O–H groups in total. The van der Waals surface area contributed by atoms with Crippen molar-refractivity contribution < 1.29 is 4.79 Å². The highest BCUT2D eigenvalue weighted by atomic mass is 35.5. The Morgan fingerprint density at radius 3 is 2.85 bits per heavy atom. The smallest absolute Gasteiger partial charge is 0.226 e. The number of fused-ring (bicyclic) bond motifs is 1. The van der Waals surface area contributed by atoms with Gasteiger partial charge >= 0.3 is 0 Å². The maximum Gasteiger partial charge on any atom is 0.226 e. The Bertz CT molecular complexity index is 1040. The van der Waals surface area contributed by atoms with E-state index in [4.69, 9.17) is 11.6 Å². The Kier molecular flexibility index (Phi) is 4.69. The fourth-order valence-electron chi connectivity index (χ4n) is 2.65. The molecule has 0 bridgehead atoms. The van der Waals surface area contributed by atoms with Crippen LogP contribution in [0.15, 0.2) is 60.4 Å². The summed E-state index contributed by atoms with van der Waals surface area (Å²) in [5, 5.41) is 5.59. The molecule has 4 rings (SSSR count). The number of hydrogen-bond acceptors (Lipinski definition) is 4. The number of nitrogens with zero attached hydrogens (tertiary/aromatic N) is 3. The van der Waals surface area contributed by atoms with Gasteiger partial charge in [-0.15, -0.1) is 11.3 Å². The number of carbonyl (C=O) groups is 1. The Morgan fingerprint density at radius 2 is 2.08 bits per heavy atom. The van der Waals surface area contributed by atoms with Crippen LogP contribution in [0.4, 0.5) is 0 Å². The highest BCUT2D eigenvalue weighted by Crippen LogP contribution is 2.25. The molecule has 3 aromatic heterocycles. The third kappa shape index (κ3) is 3.61. The zero-order valence-electron chi connectivity index (χ0n) is 13.7. The van der Waals surface area contributed by atoms with Crippen LogP contribution in [0.3, 0.4) is 0 Å². The van der Waals surface area contributed by atoms with Gasteiger partial charge in [-0.1, -0.05) is 29.8 Å². The highest BCUT2D eigenvalue weighted by molar-refractivity contribution is 7.15. The Labute approximate surface area is 159 Å². The monoisotopic (exact) mass is 382 g/mol. The number of thiazole rings is 1. The van der Waals surface area contributed by atoms with Crippen molar-refractivity contribution in [3.05, 3.63) is 76.6 Å². The first kappa shape index (κ1) is 16.8. The molecule has 0 radical (unpaired) electrons. The van der Waals surface area contributed by atoms with Crippen molar-refractivity contribution in [3.63, 3.8) is 0 Å². The van der Waals surface area contributed by atoms with Gasteiger partial charge in [-0.05, 0) is 23.8 Å². The van der Waals surface area contributed by atoms with Crippen molar-refractivity contribution in [1.29, 1.82) is 0 Å². The van der Waals surface area contributed by atoms with Crippen LogP contribution in [0, 0.1) is 0 Å². The average Bonchev–Trinajstić information content (AvgIpc) is 3.24. The predicted octanol–water partition coefficient (Wildman–Crippen LogP) is 3.97. The number of pyridine rings is 1. The molecule has 0 aliphatic rings. The number of rotatable bonds is 5. The average molecular weight is 383 g/mol. The molecule has 5 nitrogen and oxygen atoms in total. The van der Waals surface area contributed by atoms with Gasteiger partial charge < -0.3 is 5.32 Å². The zero-order chi connectivity index (χ0) is 17.9. The summed E-state index contributed by atoms with van der Waals surface area (Å²) in [5.74, 6) is -0.0321. The first-order chi connectivity index (χ1) is 12.7. The van der Waals surface area contributed by atoms with E-state index < -0.39 is 0 Å². The zero-order valence-corrected chi connectivity index (χ0v) is 15.3. The van der Waals surface area contributed by atoms with Crippen molar-refractivity contribution in [2.45, 2.75) is 13.0 Å². The lowest BCUT2D eigenvalue weighted by molar-refractivity contribution is -0.120. The lowest BCUT2D eigenvalue weighted by Crippen LogP contribution is -2.25. The first-order valence-electron chi connectivity index (χ1n) is 8.06. The van der Waals surface area contributed by atoms with Gasteiger partial charge in [0.2, 0.25) is 5.91 Å². The van der Waals surface area contributed by atoms with E-state index in [0.717, 1.165) is 27.5 Å². The molecule has 26 heavy (non-hydrogen) atoms. The van der Waals surface area contributed by atoms with E-state index >= 15 is 0 Å². The van der Waals surface area contributed by atoms with E-state index in [9.17, 15) is 4.79 Å². The van der Waals surface area contributed by atoms with Crippen LogP contribution >= 0.6 is 22.9 Å². The predicted molar refractivity (Wildman–Crippen MR) is 103 cm³/mol. The van der Waals surface area contributed by atoms with Crippen LogP contribution in [-0.4, -0.2) is 20.3 Å². The molecule has 0 spiro atoms. The van der Waals surface area contributed by atoms with Crippen molar-refractivity contribution in [1.82, 2.24) is 19.7 Å². The van der Waals surface area contributed by atoms with Crippen molar-refractivity contribution in [3.8, 4) is 11.3 Å². The molecule has 0 fully saturated rings. The standard InChI is InChI=1S/C19H15ClN4OS/c20-15-5-3-14(4-6-15)17-11-24-16(12-26-19(24)23-17)8-18(25)22-10-13-2-1-7-21-9-13/h1-7,9,11-12H,8,10H2,(H,22,25). The molecular weight excluding hydrogens is 368 g/mol. The molecule has 1 amide bonds. The van der Waals surface area contributed by atoms with Gasteiger partial charge in [0.1, 0.15) is 0 Å². The summed E-state index contributed by atoms with van der Waals surface area (Å²) in [6, 6.07) is 11.4. The normalized spacial score (nSPS) is 11.0. The summed E-state index contributed by atoms with van der Waals surface area (Å²) in [4.78, 5) is 21.8. The molecule has 0 saturated carbocycles. The van der Waals surface area contributed by atoms with Gasteiger partial charge in [0.25, 0.3) is 0 Å². The topological polar surface area (TPSA) is 59.3 Å². The summed E-state index contributed by atoms with van der Waals surface area (Å²) < 4.78 is 1.97. The third-order valence-corrected chi connectivity index (χ3v) is 5.12. The molecule has 130 valence electrons. The highest BCUT2D eigenvalue weighted by Gasteiger charge is 2.12. The first-order valence-corrected chi connectivity index (χ1v) is 9.32. The SMILES string of the molecule is O=C(Cc1csc2nc(-c3ccc(Cl)cc3)cn12)NCc1cccnc1. The van der Waals surface area contributed by atoms with Crippen molar-refractivity contribution in [2.24, 2.45) is 0 Å². The lowest BCUT2D eigenvalue weighted by Gasteiger charge is -2.04. The number of carbonyl (C=O) groups excluding carboxylic acids is 1. The largest absolute Gasteiger partial charge is 0.352 e. The molecule has 0 aliphatic heterocycles. The summed E-state index contributed by atoms with van der Waals surface area (Å²) in [6.07, 6.45) is 5.72. The number of halogens is 1. The van der Waals surface area contributed by atoms with Crippen LogP contribution in [0.1, 0.15) is 11.3 Å². The lowest BCUT2D eigenvalue weighted by atomic mass is 10.2. The summed E-state index contributed by atoms with van der Waals surface area (Å²) in [5.41, 5.74) is 3.76. The van der Waals surface area contributed by atoms with Crippen LogP contribution < -0.4 is 5.32 Å². The molecule has 1 aromatic carbocycles. The number of imidazole rings is 1. The molecule has 0 aliphatic carbocycles. The number of hydrogen-bond donors (Lipinski definition) is 1. The second kappa shape index (κ2) is 7.27. The molecule has 0 atom stereocenters. The molecular formula is C19H15ClN4OS. The second-order valence-electron chi connectivity index (χ2n) is 5.83. The summed E-state index contributed by atoms with van der Waals surface area (Å²) >= 11 is 7.47. The minimum absolute atomic E-state index is 0.0321. The Balaban J connectivity index is 1.48. The minimum Gasteiger partial charge on any atom is -0.352 e. The van der Waals surface area contributed by atoms with Crippen molar-refractivity contribution >= 4 is 33.8 Å². The number of amides is 1. The number of benzene rings is 1. The fourth-order valence-corrected chi connectivity index (χ4v) is 3.65. The van der Waals surface area contributed by atoms with E-state index in [1.807, 2.05) is 52.4 Å². The van der Waals surface area contributed by atoms with Gasteiger partial charge in [-0.2, -0.15) is 0 Å². The van der Waals surface area contributed by atoms with Gasteiger partial charge in [-0.3, -0.25) is 14.2 Å². The number of nitrogens with one attached hydrogen (secondary N) is 1. The van der Waals surface area contributed by atoms with Crippen LogP contribution in [0.25, 0.3) is 16.2 Å². The summed E-state index contributed by atoms with van der Waals surface area (Å²) in [6.45, 7) is 0.472. The van der Waals surface area contributed by atoms with E-state index in [-0.39, 0.29) is 5.91 Å². The van der Waals surface area contributed by atoms with Crippen LogP contribution in [-0.2, 0) is 17.8 Å². The number of aromatic nitrogens is 3. The van der Waals surface area contributed by atoms with E-state index in [1.54, 1.807) is 12.4 Å². The molecule has 0 unspecified atom stereocenters.